The first-order valence-electron chi connectivity index (χ1n) is 5.54. The van der Waals surface area contributed by atoms with Gasteiger partial charge >= 0.3 is 0 Å². The highest BCUT2D eigenvalue weighted by Gasteiger charge is 2.30. The number of hydrogen-bond acceptors (Lipinski definition) is 3. The molecule has 0 aromatic carbocycles. The first kappa shape index (κ1) is 15.4. The predicted octanol–water partition coefficient (Wildman–Crippen LogP) is 2.60. The Hall–Kier alpha value is -0.580. The van der Waals surface area contributed by atoms with Crippen LogP contribution < -0.4 is 0 Å². The minimum Gasteiger partial charge on any atom is -0.483 e. The van der Waals surface area contributed by atoms with Gasteiger partial charge in [-0.15, -0.1) is 4.40 Å². The number of sulfonamides is 1. The van der Waals surface area contributed by atoms with Crippen LogP contribution in [0.3, 0.4) is 0 Å². The standard InChI is InChI=1S/C11H23NO3S/c1-7-8-9(2)10(15-6)12-16(13,14)11(3,4)5/h9H,7-8H2,1-6H3/b12-10-/t9-/m0/s1. The van der Waals surface area contributed by atoms with Crippen molar-refractivity contribution in [3.8, 4) is 0 Å². The molecule has 0 saturated carbocycles. The van der Waals surface area contributed by atoms with Crippen LogP contribution in [-0.4, -0.2) is 26.2 Å². The Bertz CT molecular complexity index is 339. The summed E-state index contributed by atoms with van der Waals surface area (Å²) in [5.74, 6) is 0.337. The van der Waals surface area contributed by atoms with Gasteiger partial charge in [0.15, 0.2) is 0 Å². The van der Waals surface area contributed by atoms with Crippen LogP contribution in [0.1, 0.15) is 47.5 Å². The van der Waals surface area contributed by atoms with Gasteiger partial charge in [0.25, 0.3) is 10.0 Å². The molecule has 0 unspecified atom stereocenters. The molecule has 0 spiro atoms. The summed E-state index contributed by atoms with van der Waals surface area (Å²) in [6.45, 7) is 8.85. The lowest BCUT2D eigenvalue weighted by Crippen LogP contribution is -2.28. The topological polar surface area (TPSA) is 55.7 Å². The second kappa shape index (κ2) is 5.66. The van der Waals surface area contributed by atoms with Gasteiger partial charge in [-0.05, 0) is 27.2 Å². The normalized spacial score (nSPS) is 16.0. The van der Waals surface area contributed by atoms with E-state index in [1.807, 2.05) is 13.8 Å². The summed E-state index contributed by atoms with van der Waals surface area (Å²) in [5.41, 5.74) is 0. The molecule has 16 heavy (non-hydrogen) atoms. The number of methoxy groups -OCH3 is 1. The molecule has 0 aliphatic rings. The molecule has 96 valence electrons. The summed E-state index contributed by atoms with van der Waals surface area (Å²) in [4.78, 5) is 0. The van der Waals surface area contributed by atoms with Crippen molar-refractivity contribution in [3.05, 3.63) is 0 Å². The van der Waals surface area contributed by atoms with Crippen molar-refractivity contribution in [1.82, 2.24) is 0 Å². The summed E-state index contributed by atoms with van der Waals surface area (Å²) < 4.78 is 31.7. The van der Waals surface area contributed by atoms with Crippen molar-refractivity contribution >= 4 is 15.9 Å². The van der Waals surface area contributed by atoms with Gasteiger partial charge in [0.05, 0.1) is 11.9 Å². The van der Waals surface area contributed by atoms with E-state index >= 15 is 0 Å². The van der Waals surface area contributed by atoms with Crippen molar-refractivity contribution in [1.29, 1.82) is 0 Å². The van der Waals surface area contributed by atoms with E-state index in [1.165, 1.54) is 7.11 Å². The zero-order valence-electron chi connectivity index (χ0n) is 11.1. The largest absolute Gasteiger partial charge is 0.483 e. The molecule has 0 fully saturated rings. The van der Waals surface area contributed by atoms with Crippen molar-refractivity contribution in [2.45, 2.75) is 52.2 Å². The maximum atomic E-state index is 11.9. The van der Waals surface area contributed by atoms with Crippen molar-refractivity contribution in [3.63, 3.8) is 0 Å². The molecule has 0 saturated heterocycles. The fraction of sp³-hybridized carbons (Fsp3) is 0.909. The van der Waals surface area contributed by atoms with Crippen molar-refractivity contribution in [2.24, 2.45) is 10.3 Å². The second-order valence-corrected chi connectivity index (χ2v) is 7.27. The Morgan fingerprint density at radius 3 is 2.19 bits per heavy atom. The minimum atomic E-state index is -3.51. The number of ether oxygens (including phenoxy) is 1. The van der Waals surface area contributed by atoms with Gasteiger partial charge in [-0.1, -0.05) is 20.3 Å². The molecule has 0 aliphatic carbocycles. The molecule has 0 radical (unpaired) electrons. The van der Waals surface area contributed by atoms with Crippen LogP contribution in [0, 0.1) is 5.92 Å². The Morgan fingerprint density at radius 1 is 1.38 bits per heavy atom. The van der Waals surface area contributed by atoms with E-state index in [1.54, 1.807) is 20.8 Å². The first-order chi connectivity index (χ1) is 7.15. The Balaban J connectivity index is 5.12. The fourth-order valence-electron chi connectivity index (χ4n) is 1.14. The van der Waals surface area contributed by atoms with Crippen LogP contribution in [0.15, 0.2) is 4.40 Å². The molecule has 0 aliphatic heterocycles. The molecule has 0 aromatic heterocycles. The molecule has 1 atom stereocenters. The van der Waals surface area contributed by atoms with E-state index < -0.39 is 14.8 Å². The second-order valence-electron chi connectivity index (χ2n) is 4.91. The van der Waals surface area contributed by atoms with Gasteiger partial charge in [0.1, 0.15) is 0 Å². The maximum Gasteiger partial charge on any atom is 0.261 e. The lowest BCUT2D eigenvalue weighted by Gasteiger charge is -2.18. The monoisotopic (exact) mass is 249 g/mol. The van der Waals surface area contributed by atoms with Crippen LogP contribution in [0.5, 0.6) is 0 Å². The lowest BCUT2D eigenvalue weighted by atomic mass is 10.1. The fourth-order valence-corrected chi connectivity index (χ4v) is 1.91. The molecule has 0 N–H and O–H groups in total. The Labute approximate surface area is 99.2 Å². The first-order valence-corrected chi connectivity index (χ1v) is 6.98. The van der Waals surface area contributed by atoms with Crippen LogP contribution in [0.2, 0.25) is 0 Å². The SMILES string of the molecule is CCC[C@H](C)/C(=N/S(=O)(=O)C(C)(C)C)OC. The highest BCUT2D eigenvalue weighted by atomic mass is 32.2. The van der Waals surface area contributed by atoms with Crippen LogP contribution in [0.4, 0.5) is 0 Å². The zero-order valence-corrected chi connectivity index (χ0v) is 11.9. The van der Waals surface area contributed by atoms with Crippen molar-refractivity contribution in [2.75, 3.05) is 7.11 Å². The highest BCUT2D eigenvalue weighted by molar-refractivity contribution is 7.91. The van der Waals surface area contributed by atoms with E-state index in [9.17, 15) is 8.42 Å². The molecule has 0 rings (SSSR count). The smallest absolute Gasteiger partial charge is 0.261 e. The van der Waals surface area contributed by atoms with E-state index in [0.717, 1.165) is 12.8 Å². The molecular formula is C11H23NO3S. The summed E-state index contributed by atoms with van der Waals surface area (Å²) in [7, 11) is -2.05. The zero-order chi connectivity index (χ0) is 13.0. The van der Waals surface area contributed by atoms with E-state index in [-0.39, 0.29) is 5.92 Å². The van der Waals surface area contributed by atoms with E-state index in [0.29, 0.717) is 5.90 Å². The molecule has 0 amide bonds. The van der Waals surface area contributed by atoms with Gasteiger partial charge in [-0.2, -0.15) is 0 Å². The summed E-state index contributed by atoms with van der Waals surface area (Å²) in [5, 5.41) is 0. The Morgan fingerprint density at radius 2 is 1.88 bits per heavy atom. The highest BCUT2D eigenvalue weighted by Crippen LogP contribution is 2.19. The number of rotatable bonds is 4. The van der Waals surface area contributed by atoms with Gasteiger partial charge in [0, 0.05) is 5.92 Å². The summed E-state index contributed by atoms with van der Waals surface area (Å²) >= 11 is 0. The number of nitrogens with zero attached hydrogens (tertiary/aromatic N) is 1. The Kier molecular flexibility index (Phi) is 5.46. The predicted molar refractivity (Wildman–Crippen MR) is 67.2 cm³/mol. The van der Waals surface area contributed by atoms with E-state index in [4.69, 9.17) is 4.74 Å². The third kappa shape index (κ3) is 4.12. The molecule has 0 aromatic rings. The third-order valence-electron chi connectivity index (χ3n) is 2.34. The van der Waals surface area contributed by atoms with E-state index in [2.05, 4.69) is 4.40 Å². The average molecular weight is 249 g/mol. The molecule has 0 heterocycles. The van der Waals surface area contributed by atoms with Crippen LogP contribution in [0.25, 0.3) is 0 Å². The van der Waals surface area contributed by atoms with Crippen LogP contribution in [-0.2, 0) is 14.8 Å². The molecule has 4 nitrogen and oxygen atoms in total. The van der Waals surface area contributed by atoms with Gasteiger partial charge in [-0.25, -0.2) is 8.42 Å². The van der Waals surface area contributed by atoms with Crippen LogP contribution >= 0.6 is 0 Å². The average Bonchev–Trinajstić information content (AvgIpc) is 2.12. The van der Waals surface area contributed by atoms with Crippen molar-refractivity contribution < 1.29 is 13.2 Å². The maximum absolute atomic E-state index is 11.9. The summed E-state index contributed by atoms with van der Waals surface area (Å²) in [6.07, 6.45) is 1.84. The third-order valence-corrected chi connectivity index (χ3v) is 4.30. The van der Waals surface area contributed by atoms with Gasteiger partial charge < -0.3 is 4.74 Å². The number of hydrogen-bond donors (Lipinski definition) is 0. The minimum absolute atomic E-state index is 0.0344. The molecular weight excluding hydrogens is 226 g/mol. The quantitative estimate of drug-likeness (QED) is 0.568. The van der Waals surface area contributed by atoms with Gasteiger partial charge in [0.2, 0.25) is 5.90 Å². The molecule has 5 heteroatoms. The molecule has 0 bridgehead atoms. The van der Waals surface area contributed by atoms with Gasteiger partial charge in [-0.3, -0.25) is 0 Å². The summed E-state index contributed by atoms with van der Waals surface area (Å²) in [6, 6.07) is 0. The lowest BCUT2D eigenvalue weighted by molar-refractivity contribution is 0.365.